The predicted molar refractivity (Wildman–Crippen MR) is 90.1 cm³/mol. The molecule has 23 heavy (non-hydrogen) atoms. The van der Waals surface area contributed by atoms with Crippen LogP contribution in [0.25, 0.3) is 6.08 Å². The molecule has 0 unspecified atom stereocenters. The van der Waals surface area contributed by atoms with Crippen LogP contribution in [0, 0.1) is 17.1 Å². The molecule has 0 saturated carbocycles. The Bertz CT molecular complexity index is 823. The van der Waals surface area contributed by atoms with Crippen molar-refractivity contribution in [1.29, 1.82) is 5.26 Å². The number of rotatable bonds is 3. The first-order valence-electron chi connectivity index (χ1n) is 6.24. The molecule has 0 heterocycles. The molecule has 0 spiro atoms. The lowest BCUT2D eigenvalue weighted by Crippen LogP contribution is -2.13. The number of nitrogens with one attached hydrogen (secondary N) is 1. The zero-order valence-corrected chi connectivity index (χ0v) is 13.7. The van der Waals surface area contributed by atoms with Crippen molar-refractivity contribution < 1.29 is 9.18 Å². The minimum atomic E-state index is -0.717. The molecule has 2 aromatic carbocycles. The Hall–Kier alpha value is -2.06. The maximum atomic E-state index is 13.7. The molecule has 0 atom stereocenters. The summed E-state index contributed by atoms with van der Waals surface area (Å²) in [5.41, 5.74) is 0.0169. The summed E-state index contributed by atoms with van der Waals surface area (Å²) in [5.74, 6) is -1.35. The summed E-state index contributed by atoms with van der Waals surface area (Å²) in [7, 11) is 0. The van der Waals surface area contributed by atoms with Gasteiger partial charge in [0.05, 0.1) is 15.1 Å². The normalized spacial score (nSPS) is 11.0. The van der Waals surface area contributed by atoms with Crippen LogP contribution in [0.4, 0.5) is 10.1 Å². The van der Waals surface area contributed by atoms with Crippen molar-refractivity contribution in [2.45, 2.75) is 0 Å². The highest BCUT2D eigenvalue weighted by atomic mass is 35.5. The van der Waals surface area contributed by atoms with Gasteiger partial charge < -0.3 is 5.32 Å². The summed E-state index contributed by atoms with van der Waals surface area (Å²) < 4.78 is 13.7. The van der Waals surface area contributed by atoms with Gasteiger partial charge in [-0.1, -0.05) is 40.9 Å². The van der Waals surface area contributed by atoms with E-state index in [1.54, 1.807) is 6.07 Å². The molecule has 0 saturated heterocycles. The summed E-state index contributed by atoms with van der Waals surface area (Å²) in [6.07, 6.45) is 1.09. The van der Waals surface area contributed by atoms with E-state index in [2.05, 4.69) is 5.32 Å². The van der Waals surface area contributed by atoms with E-state index in [1.807, 2.05) is 0 Å². The average Bonchev–Trinajstić information content (AvgIpc) is 2.50. The van der Waals surface area contributed by atoms with Gasteiger partial charge in [-0.05, 0) is 36.4 Å². The van der Waals surface area contributed by atoms with Crippen molar-refractivity contribution in [2.75, 3.05) is 5.32 Å². The molecule has 2 rings (SSSR count). The number of nitriles is 1. The van der Waals surface area contributed by atoms with E-state index >= 15 is 0 Å². The van der Waals surface area contributed by atoms with Crippen molar-refractivity contribution in [1.82, 2.24) is 0 Å². The molecule has 3 nitrogen and oxygen atoms in total. The number of benzene rings is 2. The molecule has 0 fully saturated rings. The lowest BCUT2D eigenvalue weighted by Gasteiger charge is -2.06. The number of anilines is 1. The van der Waals surface area contributed by atoms with Gasteiger partial charge in [0.2, 0.25) is 0 Å². The fourth-order valence-electron chi connectivity index (χ4n) is 1.71. The van der Waals surface area contributed by atoms with Crippen molar-refractivity contribution in [2.24, 2.45) is 0 Å². The molecule has 0 radical (unpaired) electrons. The van der Waals surface area contributed by atoms with Gasteiger partial charge in [-0.3, -0.25) is 4.79 Å². The highest BCUT2D eigenvalue weighted by molar-refractivity contribution is 6.42. The summed E-state index contributed by atoms with van der Waals surface area (Å²) >= 11 is 17.5. The van der Waals surface area contributed by atoms with Gasteiger partial charge in [-0.25, -0.2) is 4.39 Å². The maximum absolute atomic E-state index is 13.7. The Morgan fingerprint density at radius 1 is 1.13 bits per heavy atom. The Kier molecular flexibility index (Phi) is 5.62. The van der Waals surface area contributed by atoms with E-state index in [-0.39, 0.29) is 21.2 Å². The fraction of sp³-hybridized carbons (Fsp3) is 0. The third kappa shape index (κ3) is 4.23. The second-order valence-electron chi connectivity index (χ2n) is 4.39. The van der Waals surface area contributed by atoms with Crippen LogP contribution in [0.1, 0.15) is 5.56 Å². The monoisotopic (exact) mass is 368 g/mol. The van der Waals surface area contributed by atoms with Gasteiger partial charge >= 0.3 is 0 Å². The van der Waals surface area contributed by atoms with Crippen molar-refractivity contribution in [3.05, 3.63) is 68.4 Å². The number of nitrogens with zero attached hydrogens (tertiary/aromatic N) is 1. The van der Waals surface area contributed by atoms with Crippen molar-refractivity contribution >= 4 is 52.5 Å². The molecule has 2 aromatic rings. The largest absolute Gasteiger partial charge is 0.321 e. The minimum absolute atomic E-state index is 0.0324. The van der Waals surface area contributed by atoms with E-state index in [0.29, 0.717) is 10.7 Å². The van der Waals surface area contributed by atoms with E-state index in [4.69, 9.17) is 40.1 Å². The third-order valence-corrected chi connectivity index (χ3v) is 3.90. The predicted octanol–water partition coefficient (Wildman–Crippen LogP) is 5.33. The Morgan fingerprint density at radius 3 is 2.48 bits per heavy atom. The summed E-state index contributed by atoms with van der Waals surface area (Å²) in [6, 6.07) is 10.3. The Labute approximate surface area is 146 Å². The number of carbonyl (C=O) groups excluding carboxylic acids is 1. The van der Waals surface area contributed by atoms with Crippen LogP contribution in [0.15, 0.2) is 42.0 Å². The van der Waals surface area contributed by atoms with Crippen LogP contribution in [0.2, 0.25) is 15.1 Å². The first-order chi connectivity index (χ1) is 10.9. The van der Waals surface area contributed by atoms with Crippen LogP contribution in [-0.2, 0) is 4.79 Å². The second-order valence-corrected chi connectivity index (χ2v) is 5.61. The van der Waals surface area contributed by atoms with E-state index in [1.165, 1.54) is 36.4 Å². The quantitative estimate of drug-likeness (QED) is 0.587. The highest BCUT2D eigenvalue weighted by Gasteiger charge is 2.13. The third-order valence-electron chi connectivity index (χ3n) is 2.83. The van der Waals surface area contributed by atoms with Gasteiger partial charge in [0.25, 0.3) is 5.91 Å². The number of halogens is 4. The Morgan fingerprint density at radius 2 is 1.87 bits per heavy atom. The van der Waals surface area contributed by atoms with Gasteiger partial charge in [-0.15, -0.1) is 0 Å². The van der Waals surface area contributed by atoms with Crippen LogP contribution < -0.4 is 5.32 Å². The molecular weight excluding hydrogens is 362 g/mol. The van der Waals surface area contributed by atoms with E-state index in [9.17, 15) is 9.18 Å². The van der Waals surface area contributed by atoms with Crippen molar-refractivity contribution in [3.63, 3.8) is 0 Å². The van der Waals surface area contributed by atoms with Gasteiger partial charge in [-0.2, -0.15) is 5.26 Å². The minimum Gasteiger partial charge on any atom is -0.321 e. The summed E-state index contributed by atoms with van der Waals surface area (Å²) in [4.78, 5) is 12.1. The average molecular weight is 370 g/mol. The van der Waals surface area contributed by atoms with E-state index < -0.39 is 11.7 Å². The topological polar surface area (TPSA) is 52.9 Å². The molecule has 1 N–H and O–H groups in total. The molecule has 0 aromatic heterocycles. The Balaban J connectivity index is 2.30. The lowest BCUT2D eigenvalue weighted by molar-refractivity contribution is -0.112. The van der Waals surface area contributed by atoms with Crippen molar-refractivity contribution in [3.8, 4) is 6.07 Å². The smallest absolute Gasteiger partial charge is 0.266 e. The number of amides is 1. The zero-order valence-electron chi connectivity index (χ0n) is 11.4. The van der Waals surface area contributed by atoms with Crippen LogP contribution in [0.3, 0.4) is 0 Å². The maximum Gasteiger partial charge on any atom is 0.266 e. The van der Waals surface area contributed by atoms with Crippen LogP contribution in [-0.4, -0.2) is 5.91 Å². The first-order valence-corrected chi connectivity index (χ1v) is 7.38. The molecule has 0 aliphatic carbocycles. The second kappa shape index (κ2) is 7.47. The molecule has 7 heteroatoms. The number of hydrogen-bond acceptors (Lipinski definition) is 2. The molecular formula is C16H8Cl3FN2O. The molecule has 0 aliphatic rings. The van der Waals surface area contributed by atoms with Crippen LogP contribution in [0.5, 0.6) is 0 Å². The van der Waals surface area contributed by atoms with Gasteiger partial charge in [0.1, 0.15) is 17.5 Å². The fourth-order valence-corrected chi connectivity index (χ4v) is 2.23. The lowest BCUT2D eigenvalue weighted by atomic mass is 10.1. The van der Waals surface area contributed by atoms with E-state index in [0.717, 1.165) is 6.08 Å². The standard InChI is InChI=1S/C16H8Cl3FN2O/c17-12-2-1-3-15(20)11(12)6-9(8-21)16(23)22-10-4-5-13(18)14(19)7-10/h1-7H,(H,22,23)/b9-6+. The number of carbonyl (C=O) groups is 1. The first kappa shape index (κ1) is 17.3. The zero-order chi connectivity index (χ0) is 17.0. The molecule has 0 bridgehead atoms. The summed E-state index contributed by atoms with van der Waals surface area (Å²) in [6.45, 7) is 0. The molecule has 1 amide bonds. The van der Waals surface area contributed by atoms with Gasteiger partial charge in [0.15, 0.2) is 0 Å². The van der Waals surface area contributed by atoms with Gasteiger partial charge in [0, 0.05) is 11.3 Å². The SMILES string of the molecule is N#C/C(=C\c1c(F)cccc1Cl)C(=O)Nc1ccc(Cl)c(Cl)c1. The summed E-state index contributed by atoms with van der Waals surface area (Å²) in [5, 5.41) is 12.3. The highest BCUT2D eigenvalue weighted by Crippen LogP contribution is 2.26. The molecule has 116 valence electrons. The number of hydrogen-bond donors (Lipinski definition) is 1. The molecule has 0 aliphatic heterocycles. The van der Waals surface area contributed by atoms with Crippen LogP contribution >= 0.6 is 34.8 Å².